The lowest BCUT2D eigenvalue weighted by Gasteiger charge is -2.11. The predicted octanol–water partition coefficient (Wildman–Crippen LogP) is 4.07. The van der Waals surface area contributed by atoms with Crippen molar-refractivity contribution in [1.29, 1.82) is 0 Å². The molecule has 0 saturated carbocycles. The van der Waals surface area contributed by atoms with Gasteiger partial charge in [0.15, 0.2) is 5.58 Å². The van der Waals surface area contributed by atoms with Crippen LogP contribution in [0.25, 0.3) is 11.1 Å². The Kier molecular flexibility index (Phi) is 3.87. The summed E-state index contributed by atoms with van der Waals surface area (Å²) < 4.78 is 7.23. The van der Waals surface area contributed by atoms with Crippen molar-refractivity contribution < 1.29 is 9.21 Å². The molecule has 0 unspecified atom stereocenters. The Morgan fingerprint density at radius 3 is 2.62 bits per heavy atom. The molecular formula is C17H19ClN4O2. The third kappa shape index (κ3) is 2.89. The van der Waals surface area contributed by atoms with Gasteiger partial charge in [-0.1, -0.05) is 32.4 Å². The van der Waals surface area contributed by atoms with Crippen LogP contribution < -0.4 is 5.32 Å². The second kappa shape index (κ2) is 5.63. The minimum atomic E-state index is -0.301. The van der Waals surface area contributed by atoms with E-state index in [9.17, 15) is 4.79 Å². The van der Waals surface area contributed by atoms with E-state index in [0.717, 1.165) is 0 Å². The predicted molar refractivity (Wildman–Crippen MR) is 93.6 cm³/mol. The second-order valence-corrected chi connectivity index (χ2v) is 7.14. The van der Waals surface area contributed by atoms with Crippen LogP contribution in [0, 0.1) is 6.92 Å². The van der Waals surface area contributed by atoms with E-state index in [0.29, 0.717) is 39.1 Å². The summed E-state index contributed by atoms with van der Waals surface area (Å²) in [6.07, 6.45) is 0. The number of hydrogen-bond donors (Lipinski definition) is 1. The van der Waals surface area contributed by atoms with Crippen LogP contribution in [-0.4, -0.2) is 20.7 Å². The molecule has 0 aliphatic heterocycles. The van der Waals surface area contributed by atoms with Gasteiger partial charge in [0.05, 0.1) is 11.3 Å². The van der Waals surface area contributed by atoms with Gasteiger partial charge in [-0.15, -0.1) is 0 Å². The number of carbonyl (C=O) groups excluding carboxylic acids is 1. The summed E-state index contributed by atoms with van der Waals surface area (Å²) in [5.41, 5.74) is 2.79. The summed E-state index contributed by atoms with van der Waals surface area (Å²) in [5.74, 6) is 0.358. The number of amides is 1. The lowest BCUT2D eigenvalue weighted by Crippen LogP contribution is -2.13. The molecule has 0 radical (unpaired) electrons. The average Bonchev–Trinajstić information content (AvgIpc) is 3.00. The molecule has 6 nitrogen and oxygen atoms in total. The van der Waals surface area contributed by atoms with Crippen LogP contribution in [0.5, 0.6) is 0 Å². The van der Waals surface area contributed by atoms with Crippen molar-refractivity contribution in [2.24, 2.45) is 7.05 Å². The van der Waals surface area contributed by atoms with E-state index in [1.54, 1.807) is 32.2 Å². The molecule has 24 heavy (non-hydrogen) atoms. The van der Waals surface area contributed by atoms with E-state index in [2.05, 4.69) is 15.4 Å². The summed E-state index contributed by atoms with van der Waals surface area (Å²) in [6.45, 7) is 7.85. The fourth-order valence-electron chi connectivity index (χ4n) is 2.41. The molecule has 0 aliphatic rings. The number of benzene rings is 1. The molecule has 0 atom stereocenters. The largest absolute Gasteiger partial charge is 0.440 e. The molecule has 0 aliphatic carbocycles. The number of aryl methyl sites for hydroxylation is 2. The molecule has 3 aromatic rings. The van der Waals surface area contributed by atoms with Gasteiger partial charge in [-0.25, -0.2) is 4.98 Å². The fourth-order valence-corrected chi connectivity index (χ4v) is 2.67. The Morgan fingerprint density at radius 1 is 1.33 bits per heavy atom. The maximum absolute atomic E-state index is 12.5. The zero-order valence-corrected chi connectivity index (χ0v) is 15.0. The Hall–Kier alpha value is -2.34. The van der Waals surface area contributed by atoms with Crippen molar-refractivity contribution in [2.75, 3.05) is 5.32 Å². The van der Waals surface area contributed by atoms with Crippen LogP contribution in [0.2, 0.25) is 5.15 Å². The Bertz CT molecular complexity index is 934. The summed E-state index contributed by atoms with van der Waals surface area (Å²) in [6, 6.07) is 5.36. The normalized spacial score (nSPS) is 11.9. The molecular weight excluding hydrogens is 328 g/mol. The van der Waals surface area contributed by atoms with Gasteiger partial charge < -0.3 is 9.73 Å². The third-order valence-electron chi connectivity index (χ3n) is 3.67. The summed E-state index contributed by atoms with van der Waals surface area (Å²) in [4.78, 5) is 17.0. The molecule has 2 aromatic heterocycles. The van der Waals surface area contributed by atoms with E-state index in [1.807, 2.05) is 20.8 Å². The van der Waals surface area contributed by atoms with Crippen molar-refractivity contribution in [3.05, 3.63) is 40.5 Å². The van der Waals surface area contributed by atoms with Crippen molar-refractivity contribution in [1.82, 2.24) is 14.8 Å². The lowest BCUT2D eigenvalue weighted by molar-refractivity contribution is 0.102. The first kappa shape index (κ1) is 16.5. The van der Waals surface area contributed by atoms with Crippen LogP contribution in [0.4, 0.5) is 5.69 Å². The van der Waals surface area contributed by atoms with Crippen LogP contribution in [0.3, 0.4) is 0 Å². The van der Waals surface area contributed by atoms with E-state index >= 15 is 0 Å². The van der Waals surface area contributed by atoms with E-state index in [1.165, 1.54) is 4.68 Å². The van der Waals surface area contributed by atoms with Gasteiger partial charge in [-0.05, 0) is 25.1 Å². The van der Waals surface area contributed by atoms with Crippen molar-refractivity contribution >= 4 is 34.3 Å². The lowest BCUT2D eigenvalue weighted by atomic mass is 9.97. The van der Waals surface area contributed by atoms with E-state index in [4.69, 9.17) is 16.0 Å². The molecule has 2 heterocycles. The van der Waals surface area contributed by atoms with Gasteiger partial charge >= 0.3 is 0 Å². The van der Waals surface area contributed by atoms with Crippen LogP contribution in [0.15, 0.2) is 22.6 Å². The van der Waals surface area contributed by atoms with Crippen molar-refractivity contribution in [2.45, 2.75) is 33.1 Å². The number of nitrogens with zero attached hydrogens (tertiary/aromatic N) is 3. The molecule has 7 heteroatoms. The fraction of sp³-hybridized carbons (Fsp3) is 0.353. The van der Waals surface area contributed by atoms with Crippen molar-refractivity contribution in [3.8, 4) is 0 Å². The number of rotatable bonds is 2. The SMILES string of the molecule is Cc1nn(C)c(Cl)c1C(=O)Nc1ccc2oc(C(C)(C)C)nc2c1. The summed E-state index contributed by atoms with van der Waals surface area (Å²) in [5, 5.41) is 7.29. The smallest absolute Gasteiger partial charge is 0.260 e. The van der Waals surface area contributed by atoms with Crippen molar-refractivity contribution in [3.63, 3.8) is 0 Å². The summed E-state index contributed by atoms with van der Waals surface area (Å²) >= 11 is 6.14. The van der Waals surface area contributed by atoms with Crippen LogP contribution in [-0.2, 0) is 12.5 Å². The number of fused-ring (bicyclic) bond motifs is 1. The summed E-state index contributed by atoms with van der Waals surface area (Å²) in [7, 11) is 1.70. The highest BCUT2D eigenvalue weighted by Gasteiger charge is 2.22. The number of nitrogens with one attached hydrogen (secondary N) is 1. The molecule has 0 fully saturated rings. The van der Waals surface area contributed by atoms with Gasteiger partial charge in [0.2, 0.25) is 5.89 Å². The van der Waals surface area contributed by atoms with E-state index in [-0.39, 0.29) is 11.3 Å². The van der Waals surface area contributed by atoms with Gasteiger partial charge in [0.1, 0.15) is 10.7 Å². The molecule has 0 bridgehead atoms. The third-order valence-corrected chi connectivity index (χ3v) is 4.10. The van der Waals surface area contributed by atoms with Gasteiger partial charge in [-0.3, -0.25) is 9.48 Å². The number of oxazole rings is 1. The minimum absolute atomic E-state index is 0.178. The van der Waals surface area contributed by atoms with Crippen LogP contribution >= 0.6 is 11.6 Å². The Labute approximate surface area is 144 Å². The van der Waals surface area contributed by atoms with Gasteiger partial charge in [0.25, 0.3) is 5.91 Å². The quantitative estimate of drug-likeness (QED) is 0.759. The molecule has 1 amide bonds. The molecule has 0 spiro atoms. The van der Waals surface area contributed by atoms with Gasteiger partial charge in [0, 0.05) is 18.2 Å². The maximum atomic E-state index is 12.5. The zero-order chi connectivity index (χ0) is 17.6. The highest BCUT2D eigenvalue weighted by molar-refractivity contribution is 6.33. The number of carbonyl (C=O) groups is 1. The zero-order valence-electron chi connectivity index (χ0n) is 14.3. The number of halogens is 1. The molecule has 3 rings (SSSR count). The van der Waals surface area contributed by atoms with Gasteiger partial charge in [-0.2, -0.15) is 5.10 Å². The Morgan fingerprint density at radius 2 is 2.04 bits per heavy atom. The minimum Gasteiger partial charge on any atom is -0.440 e. The average molecular weight is 347 g/mol. The second-order valence-electron chi connectivity index (χ2n) is 6.78. The maximum Gasteiger partial charge on any atom is 0.260 e. The standard InChI is InChI=1S/C17H19ClN4O2/c1-9-13(14(18)22(5)21-9)15(23)19-10-6-7-12-11(8-10)20-16(24-12)17(2,3)4/h6-8H,1-5H3,(H,19,23). The molecule has 1 aromatic carbocycles. The molecule has 1 N–H and O–H groups in total. The highest BCUT2D eigenvalue weighted by atomic mass is 35.5. The molecule has 126 valence electrons. The first-order valence-electron chi connectivity index (χ1n) is 7.58. The molecule has 0 saturated heterocycles. The first-order valence-corrected chi connectivity index (χ1v) is 7.96. The number of aromatic nitrogens is 3. The first-order chi connectivity index (χ1) is 11.2. The highest BCUT2D eigenvalue weighted by Crippen LogP contribution is 2.28. The Balaban J connectivity index is 1.91. The number of anilines is 1. The van der Waals surface area contributed by atoms with Crippen LogP contribution in [0.1, 0.15) is 42.7 Å². The van der Waals surface area contributed by atoms with E-state index < -0.39 is 0 Å². The topological polar surface area (TPSA) is 73.0 Å². The monoisotopic (exact) mass is 346 g/mol. The number of hydrogen-bond acceptors (Lipinski definition) is 4.